The van der Waals surface area contributed by atoms with Gasteiger partial charge in [0, 0.05) is 18.7 Å². The number of hydrogen-bond acceptors (Lipinski definition) is 7. The number of aromatic nitrogens is 4. The van der Waals surface area contributed by atoms with E-state index in [0.717, 1.165) is 0 Å². The molecular weight excluding hydrogens is 380 g/mol. The zero-order chi connectivity index (χ0) is 20.5. The minimum atomic E-state index is -0.941. The third kappa shape index (κ3) is 4.13. The minimum absolute atomic E-state index is 0.0371. The van der Waals surface area contributed by atoms with Crippen LogP contribution in [0.1, 0.15) is 33.3 Å². The van der Waals surface area contributed by atoms with Crippen LogP contribution >= 0.6 is 11.6 Å². The predicted octanol–water partition coefficient (Wildman–Crippen LogP) is 3.39. The van der Waals surface area contributed by atoms with E-state index in [1.54, 1.807) is 38.4 Å². The normalized spacial score (nSPS) is 12.9. The summed E-state index contributed by atoms with van der Waals surface area (Å²) in [4.78, 5) is 13.5. The Labute approximate surface area is 168 Å². The number of imidazole rings is 1. The summed E-state index contributed by atoms with van der Waals surface area (Å²) in [5.74, 6) is 0.951. The van der Waals surface area contributed by atoms with Crippen LogP contribution in [0, 0.1) is 0 Å². The van der Waals surface area contributed by atoms with Gasteiger partial charge in [0.2, 0.25) is 5.95 Å². The summed E-state index contributed by atoms with van der Waals surface area (Å²) in [6, 6.07) is 4.92. The van der Waals surface area contributed by atoms with Gasteiger partial charge >= 0.3 is 0 Å². The lowest BCUT2D eigenvalue weighted by atomic mass is 10.0. The van der Waals surface area contributed by atoms with E-state index in [9.17, 15) is 10.2 Å². The van der Waals surface area contributed by atoms with Crippen LogP contribution in [0.4, 0.5) is 11.8 Å². The van der Waals surface area contributed by atoms with E-state index < -0.39 is 5.60 Å². The highest BCUT2D eigenvalue weighted by molar-refractivity contribution is 6.32. The molecule has 3 aromatic rings. The van der Waals surface area contributed by atoms with Crippen LogP contribution in [-0.2, 0) is 13.1 Å². The molecule has 1 unspecified atom stereocenters. The smallest absolute Gasteiger partial charge is 0.227 e. The first-order valence-corrected chi connectivity index (χ1v) is 9.50. The topological polar surface area (TPSA) is 108 Å². The van der Waals surface area contributed by atoms with Crippen molar-refractivity contribution in [1.82, 2.24) is 19.5 Å². The van der Waals surface area contributed by atoms with Gasteiger partial charge < -0.3 is 25.4 Å². The number of benzene rings is 1. The Morgan fingerprint density at radius 1 is 1.29 bits per heavy atom. The van der Waals surface area contributed by atoms with Gasteiger partial charge in [0.05, 0.1) is 23.0 Å². The summed E-state index contributed by atoms with van der Waals surface area (Å²) in [6.45, 7) is 8.34. The van der Waals surface area contributed by atoms with Gasteiger partial charge in [-0.05, 0) is 33.8 Å². The van der Waals surface area contributed by atoms with Crippen LogP contribution in [0.5, 0.6) is 5.75 Å². The molecule has 0 aliphatic carbocycles. The standard InChI is InChI=1S/C19H25ClN6O2/c1-5-26-10-22-14-16(21-9-12-7-6-8-13(20)15(12)27)24-18(25-17(14)26)23-11(2)19(3,4)28/h6-8,10-11,27-28H,5,9H2,1-4H3,(H2,21,23,24,25). The van der Waals surface area contributed by atoms with E-state index in [0.29, 0.717) is 46.6 Å². The average Bonchev–Trinajstić information content (AvgIpc) is 3.05. The van der Waals surface area contributed by atoms with E-state index in [1.165, 1.54) is 0 Å². The molecule has 0 saturated carbocycles. The number of anilines is 2. The van der Waals surface area contributed by atoms with Crippen molar-refractivity contribution in [2.75, 3.05) is 10.6 Å². The van der Waals surface area contributed by atoms with E-state index in [2.05, 4.69) is 25.6 Å². The quantitative estimate of drug-likeness (QED) is 0.478. The Morgan fingerprint density at radius 3 is 2.71 bits per heavy atom. The number of aliphatic hydroxyl groups is 1. The van der Waals surface area contributed by atoms with Crippen molar-refractivity contribution in [2.45, 2.75) is 52.4 Å². The zero-order valence-corrected chi connectivity index (χ0v) is 17.1. The van der Waals surface area contributed by atoms with E-state index in [4.69, 9.17) is 11.6 Å². The van der Waals surface area contributed by atoms with Gasteiger partial charge in [0.25, 0.3) is 0 Å². The fraction of sp³-hybridized carbons (Fsp3) is 0.421. The lowest BCUT2D eigenvalue weighted by Crippen LogP contribution is -2.39. The van der Waals surface area contributed by atoms with Crippen LogP contribution in [0.2, 0.25) is 5.02 Å². The van der Waals surface area contributed by atoms with Crippen LogP contribution < -0.4 is 10.6 Å². The lowest BCUT2D eigenvalue weighted by molar-refractivity contribution is 0.0646. The van der Waals surface area contributed by atoms with Gasteiger partial charge in [-0.2, -0.15) is 9.97 Å². The van der Waals surface area contributed by atoms with Crippen molar-refractivity contribution in [2.24, 2.45) is 0 Å². The van der Waals surface area contributed by atoms with Crippen LogP contribution in [0.3, 0.4) is 0 Å². The fourth-order valence-electron chi connectivity index (χ4n) is 2.62. The average molecular weight is 405 g/mol. The maximum atomic E-state index is 10.2. The number of aromatic hydroxyl groups is 1. The van der Waals surface area contributed by atoms with Gasteiger partial charge in [0.1, 0.15) is 5.75 Å². The summed E-state index contributed by atoms with van der Waals surface area (Å²) >= 11 is 5.99. The molecule has 0 bridgehead atoms. The predicted molar refractivity (Wildman–Crippen MR) is 111 cm³/mol. The van der Waals surface area contributed by atoms with E-state index in [1.807, 2.05) is 18.4 Å². The van der Waals surface area contributed by atoms with Gasteiger partial charge in [-0.1, -0.05) is 23.7 Å². The number of para-hydroxylation sites is 1. The number of nitrogens with zero attached hydrogens (tertiary/aromatic N) is 4. The number of halogens is 1. The van der Waals surface area contributed by atoms with E-state index in [-0.39, 0.29) is 11.8 Å². The summed E-state index contributed by atoms with van der Waals surface area (Å²) in [5, 5.41) is 27.0. The van der Waals surface area contributed by atoms with Gasteiger partial charge in [0.15, 0.2) is 17.0 Å². The summed E-state index contributed by atoms with van der Waals surface area (Å²) in [5.41, 5.74) is 1.02. The first-order chi connectivity index (χ1) is 13.2. The minimum Gasteiger partial charge on any atom is -0.506 e. The molecule has 9 heteroatoms. The Morgan fingerprint density at radius 2 is 2.04 bits per heavy atom. The SMILES string of the molecule is CCn1cnc2c(NCc3cccc(Cl)c3O)nc(NC(C)C(C)(C)O)nc21. The van der Waals surface area contributed by atoms with Crippen molar-refractivity contribution >= 4 is 34.5 Å². The van der Waals surface area contributed by atoms with Crippen molar-refractivity contribution in [3.05, 3.63) is 35.1 Å². The second-order valence-corrected chi connectivity index (χ2v) is 7.63. The zero-order valence-electron chi connectivity index (χ0n) is 16.4. The number of rotatable bonds is 7. The second-order valence-electron chi connectivity index (χ2n) is 7.22. The van der Waals surface area contributed by atoms with Gasteiger partial charge in [-0.3, -0.25) is 0 Å². The molecule has 1 atom stereocenters. The molecule has 0 aliphatic rings. The molecule has 0 saturated heterocycles. The monoisotopic (exact) mass is 404 g/mol. The van der Waals surface area contributed by atoms with Crippen LogP contribution in [0.25, 0.3) is 11.2 Å². The third-order valence-corrected chi connectivity index (χ3v) is 5.03. The lowest BCUT2D eigenvalue weighted by Gasteiger charge is -2.26. The molecule has 1 aromatic carbocycles. The molecule has 0 fully saturated rings. The fourth-order valence-corrected chi connectivity index (χ4v) is 2.81. The first-order valence-electron chi connectivity index (χ1n) is 9.12. The Balaban J connectivity index is 1.95. The number of aryl methyl sites for hydroxylation is 1. The third-order valence-electron chi connectivity index (χ3n) is 4.73. The molecule has 0 radical (unpaired) electrons. The number of nitrogens with one attached hydrogen (secondary N) is 2. The maximum absolute atomic E-state index is 10.2. The highest BCUT2D eigenvalue weighted by Gasteiger charge is 2.24. The Kier molecular flexibility index (Phi) is 5.62. The molecule has 0 spiro atoms. The molecule has 2 heterocycles. The molecule has 0 aliphatic heterocycles. The maximum Gasteiger partial charge on any atom is 0.227 e. The van der Waals surface area contributed by atoms with Crippen molar-refractivity contribution in [3.63, 3.8) is 0 Å². The Hall–Kier alpha value is -2.58. The molecule has 150 valence electrons. The van der Waals surface area contributed by atoms with Crippen LogP contribution in [0.15, 0.2) is 24.5 Å². The largest absolute Gasteiger partial charge is 0.506 e. The van der Waals surface area contributed by atoms with Crippen molar-refractivity contribution in [1.29, 1.82) is 0 Å². The Bertz CT molecular complexity index is 982. The molecule has 28 heavy (non-hydrogen) atoms. The first kappa shape index (κ1) is 20.2. The highest BCUT2D eigenvalue weighted by Crippen LogP contribution is 2.28. The van der Waals surface area contributed by atoms with Crippen LogP contribution in [-0.4, -0.2) is 41.4 Å². The molecular formula is C19H25ClN6O2. The van der Waals surface area contributed by atoms with Crippen molar-refractivity contribution < 1.29 is 10.2 Å². The number of phenols is 1. The van der Waals surface area contributed by atoms with Crippen molar-refractivity contribution in [3.8, 4) is 5.75 Å². The molecule has 8 nitrogen and oxygen atoms in total. The highest BCUT2D eigenvalue weighted by atomic mass is 35.5. The second kappa shape index (κ2) is 7.81. The summed E-state index contributed by atoms with van der Waals surface area (Å²) in [6.07, 6.45) is 1.71. The molecule has 4 N–H and O–H groups in total. The number of hydrogen-bond donors (Lipinski definition) is 4. The number of fused-ring (bicyclic) bond motifs is 1. The van der Waals surface area contributed by atoms with Gasteiger partial charge in [-0.15, -0.1) is 0 Å². The molecule has 2 aromatic heterocycles. The van der Waals surface area contributed by atoms with Gasteiger partial charge in [-0.25, -0.2) is 4.98 Å². The molecule has 0 amide bonds. The van der Waals surface area contributed by atoms with E-state index >= 15 is 0 Å². The summed E-state index contributed by atoms with van der Waals surface area (Å²) in [7, 11) is 0. The molecule has 3 rings (SSSR count). The number of phenolic OH excluding ortho intramolecular Hbond substituents is 1. The summed E-state index contributed by atoms with van der Waals surface area (Å²) < 4.78 is 1.92.